The number of carbonyl (C=O) groups is 2. The molecule has 1 aliphatic heterocycles. The highest BCUT2D eigenvalue weighted by Crippen LogP contribution is 2.35. The minimum absolute atomic E-state index is 0. The summed E-state index contributed by atoms with van der Waals surface area (Å²) in [6, 6.07) is 7.62. The summed E-state index contributed by atoms with van der Waals surface area (Å²) in [5.74, 6) is 0.346. The molecule has 4 rings (SSSR count). The Bertz CT molecular complexity index is 812. The van der Waals surface area contributed by atoms with E-state index in [4.69, 9.17) is 10.3 Å². The van der Waals surface area contributed by atoms with Crippen molar-refractivity contribution in [1.82, 2.24) is 15.5 Å². The molecule has 26 heavy (non-hydrogen) atoms. The molecule has 8 heteroatoms. The second kappa shape index (κ2) is 7.17. The van der Waals surface area contributed by atoms with Crippen LogP contribution in [0.2, 0.25) is 0 Å². The monoisotopic (exact) mass is 376 g/mol. The van der Waals surface area contributed by atoms with Crippen LogP contribution in [0.1, 0.15) is 43.5 Å². The van der Waals surface area contributed by atoms with Gasteiger partial charge in [0, 0.05) is 12.0 Å². The molecule has 0 bridgehead atoms. The summed E-state index contributed by atoms with van der Waals surface area (Å²) in [5.41, 5.74) is 7.70. The summed E-state index contributed by atoms with van der Waals surface area (Å²) in [4.78, 5) is 27.4. The van der Waals surface area contributed by atoms with Crippen LogP contribution in [0.25, 0.3) is 11.5 Å². The Labute approximate surface area is 157 Å². The molecule has 2 heterocycles. The van der Waals surface area contributed by atoms with E-state index < -0.39 is 5.54 Å². The summed E-state index contributed by atoms with van der Waals surface area (Å²) in [5, 5.41) is 6.40. The van der Waals surface area contributed by atoms with E-state index >= 15 is 0 Å². The Kier molecular flexibility index (Phi) is 5.11. The third kappa shape index (κ3) is 3.50. The maximum Gasteiger partial charge on any atom is 0.257 e. The lowest BCUT2D eigenvalue weighted by molar-refractivity contribution is -0.125. The number of amides is 2. The van der Waals surface area contributed by atoms with Crippen LogP contribution in [0.15, 0.2) is 28.8 Å². The van der Waals surface area contributed by atoms with Gasteiger partial charge < -0.3 is 10.3 Å². The van der Waals surface area contributed by atoms with E-state index in [1.807, 2.05) is 24.3 Å². The smallest absolute Gasteiger partial charge is 0.257 e. The van der Waals surface area contributed by atoms with Crippen molar-refractivity contribution in [2.24, 2.45) is 11.7 Å². The van der Waals surface area contributed by atoms with Gasteiger partial charge in [-0.2, -0.15) is 4.98 Å². The second-order valence-corrected chi connectivity index (χ2v) is 7.00. The van der Waals surface area contributed by atoms with Crippen molar-refractivity contribution < 1.29 is 14.1 Å². The van der Waals surface area contributed by atoms with Gasteiger partial charge in [0.15, 0.2) is 5.82 Å². The van der Waals surface area contributed by atoms with Crippen LogP contribution in [0.4, 0.5) is 0 Å². The average Bonchev–Trinajstić information content (AvgIpc) is 3.30. The van der Waals surface area contributed by atoms with E-state index in [2.05, 4.69) is 15.5 Å². The highest BCUT2D eigenvalue weighted by atomic mass is 35.5. The maximum atomic E-state index is 11.7. The first-order valence-electron chi connectivity index (χ1n) is 8.60. The van der Waals surface area contributed by atoms with Crippen molar-refractivity contribution in [3.05, 3.63) is 35.7 Å². The van der Waals surface area contributed by atoms with Gasteiger partial charge in [-0.3, -0.25) is 14.9 Å². The fraction of sp³-hybridized carbons (Fsp3) is 0.444. The largest absolute Gasteiger partial charge is 0.334 e. The number of hydrogen-bond acceptors (Lipinski definition) is 6. The summed E-state index contributed by atoms with van der Waals surface area (Å²) in [6.45, 7) is 0. The number of nitrogens with one attached hydrogen (secondary N) is 1. The normalized spacial score (nSPS) is 21.5. The number of halogens is 1. The second-order valence-electron chi connectivity index (χ2n) is 7.00. The van der Waals surface area contributed by atoms with Gasteiger partial charge in [-0.1, -0.05) is 30.1 Å². The van der Waals surface area contributed by atoms with Crippen molar-refractivity contribution >= 4 is 24.2 Å². The Balaban J connectivity index is 0.00000196. The van der Waals surface area contributed by atoms with Gasteiger partial charge in [0.25, 0.3) is 5.89 Å². The summed E-state index contributed by atoms with van der Waals surface area (Å²) < 4.78 is 5.38. The Morgan fingerprint density at radius 2 is 1.88 bits per heavy atom. The number of benzene rings is 1. The van der Waals surface area contributed by atoms with E-state index in [9.17, 15) is 9.59 Å². The number of nitrogens with zero attached hydrogens (tertiary/aromatic N) is 2. The van der Waals surface area contributed by atoms with Crippen molar-refractivity contribution in [2.45, 2.75) is 44.1 Å². The van der Waals surface area contributed by atoms with Gasteiger partial charge in [-0.05, 0) is 37.0 Å². The lowest BCUT2D eigenvalue weighted by Crippen LogP contribution is -2.34. The first kappa shape index (κ1) is 18.5. The molecule has 2 amide bonds. The molecule has 1 unspecified atom stereocenters. The number of hydrogen-bond donors (Lipinski definition) is 2. The zero-order valence-corrected chi connectivity index (χ0v) is 15.1. The molecule has 1 saturated carbocycles. The first-order valence-corrected chi connectivity index (χ1v) is 8.60. The van der Waals surface area contributed by atoms with Gasteiger partial charge in [0.1, 0.15) is 0 Å². The zero-order chi connectivity index (χ0) is 17.4. The predicted molar refractivity (Wildman–Crippen MR) is 96.3 cm³/mol. The van der Waals surface area contributed by atoms with Gasteiger partial charge in [-0.15, -0.1) is 12.4 Å². The lowest BCUT2D eigenvalue weighted by Gasteiger charge is -2.17. The van der Waals surface area contributed by atoms with Gasteiger partial charge in [0.05, 0.1) is 11.5 Å². The van der Waals surface area contributed by atoms with Crippen LogP contribution in [0, 0.1) is 5.92 Å². The molecule has 2 aromatic rings. The van der Waals surface area contributed by atoms with Gasteiger partial charge >= 0.3 is 0 Å². The summed E-state index contributed by atoms with van der Waals surface area (Å²) in [7, 11) is 0. The fourth-order valence-electron chi connectivity index (χ4n) is 3.61. The predicted octanol–water partition coefficient (Wildman–Crippen LogP) is 2.09. The van der Waals surface area contributed by atoms with Crippen LogP contribution in [-0.4, -0.2) is 22.0 Å². The number of carbonyl (C=O) groups excluding carboxylic acids is 2. The molecule has 7 nitrogen and oxygen atoms in total. The molecular weight excluding hydrogens is 356 g/mol. The molecule has 1 atom stereocenters. The molecular formula is C18H21ClN4O3. The van der Waals surface area contributed by atoms with Crippen molar-refractivity contribution in [1.29, 1.82) is 0 Å². The molecule has 3 N–H and O–H groups in total. The van der Waals surface area contributed by atoms with E-state index in [-0.39, 0.29) is 36.6 Å². The van der Waals surface area contributed by atoms with E-state index in [0.717, 1.165) is 36.8 Å². The zero-order valence-electron chi connectivity index (χ0n) is 14.2. The third-order valence-electron chi connectivity index (χ3n) is 5.12. The molecule has 1 aromatic carbocycles. The molecule has 1 saturated heterocycles. The van der Waals surface area contributed by atoms with Crippen LogP contribution in [0.3, 0.4) is 0 Å². The molecule has 0 radical (unpaired) electrons. The third-order valence-corrected chi connectivity index (χ3v) is 5.12. The first-order chi connectivity index (χ1) is 12.0. The molecule has 0 spiro atoms. The fourth-order valence-corrected chi connectivity index (χ4v) is 3.61. The highest BCUT2D eigenvalue weighted by molar-refractivity contribution is 6.03. The van der Waals surface area contributed by atoms with Crippen LogP contribution < -0.4 is 11.1 Å². The molecule has 1 aliphatic carbocycles. The number of imide groups is 1. The topological polar surface area (TPSA) is 111 Å². The minimum atomic E-state index is -0.468. The number of nitrogens with two attached hydrogens (primary N) is 1. The van der Waals surface area contributed by atoms with E-state index in [1.54, 1.807) is 0 Å². The Hall–Kier alpha value is -2.25. The minimum Gasteiger partial charge on any atom is -0.334 e. The van der Waals surface area contributed by atoms with Crippen LogP contribution in [-0.2, 0) is 21.5 Å². The SMILES string of the molecule is Cl.NC1(c2noc(-c3ccc(CC4CC(=O)NC4=O)cc3)n2)CCCC1. The van der Waals surface area contributed by atoms with Crippen LogP contribution in [0.5, 0.6) is 0 Å². The van der Waals surface area contributed by atoms with Crippen molar-refractivity contribution in [3.8, 4) is 11.5 Å². The van der Waals surface area contributed by atoms with Crippen LogP contribution >= 0.6 is 12.4 Å². The lowest BCUT2D eigenvalue weighted by atomic mass is 9.97. The summed E-state index contributed by atoms with van der Waals surface area (Å²) >= 11 is 0. The van der Waals surface area contributed by atoms with E-state index in [1.165, 1.54) is 0 Å². The quantitative estimate of drug-likeness (QED) is 0.790. The Morgan fingerprint density at radius 1 is 1.19 bits per heavy atom. The summed E-state index contributed by atoms with van der Waals surface area (Å²) in [6.07, 6.45) is 4.74. The van der Waals surface area contributed by atoms with E-state index in [0.29, 0.717) is 18.1 Å². The van der Waals surface area contributed by atoms with Crippen molar-refractivity contribution in [2.75, 3.05) is 0 Å². The highest BCUT2D eigenvalue weighted by Gasteiger charge is 2.36. The molecule has 2 aliphatic rings. The Morgan fingerprint density at radius 3 is 2.50 bits per heavy atom. The molecule has 138 valence electrons. The molecule has 2 fully saturated rings. The van der Waals surface area contributed by atoms with Crippen molar-refractivity contribution in [3.63, 3.8) is 0 Å². The maximum absolute atomic E-state index is 11.7. The number of aromatic nitrogens is 2. The number of rotatable bonds is 4. The average molecular weight is 377 g/mol. The molecule has 1 aromatic heterocycles. The standard InChI is InChI=1S/C18H20N4O3.ClH/c19-18(7-1-2-8-18)17-21-16(25-22-17)12-5-3-11(4-6-12)9-13-10-14(23)20-15(13)24;/h3-6,13H,1-2,7-10,19H2,(H,20,23,24);1H. The van der Waals surface area contributed by atoms with Gasteiger partial charge in [0.2, 0.25) is 11.8 Å². The van der Waals surface area contributed by atoms with Gasteiger partial charge in [-0.25, -0.2) is 0 Å².